The van der Waals surface area contributed by atoms with Gasteiger partial charge in [0.1, 0.15) is 6.04 Å². The van der Waals surface area contributed by atoms with E-state index in [-0.39, 0.29) is 19.5 Å². The van der Waals surface area contributed by atoms with Gasteiger partial charge in [0.2, 0.25) is 0 Å². The minimum absolute atomic E-state index is 0. The van der Waals surface area contributed by atoms with Gasteiger partial charge in [0.15, 0.2) is 0 Å². The van der Waals surface area contributed by atoms with E-state index in [0.29, 0.717) is 13.0 Å². The molecule has 0 rings (SSSR count). The van der Waals surface area contributed by atoms with Crippen molar-refractivity contribution in [1.82, 2.24) is 0 Å². The molecule has 4 nitrogen and oxygen atoms in total. The molecule has 60 valence electrons. The minimum Gasteiger partial charge on any atom is -0.480 e. The Morgan fingerprint density at radius 3 is 2.36 bits per heavy atom. The van der Waals surface area contributed by atoms with Crippen LogP contribution in [-0.4, -0.2) is 23.7 Å². The van der Waals surface area contributed by atoms with Gasteiger partial charge in [-0.25, -0.2) is 0 Å². The first-order valence-electron chi connectivity index (χ1n) is 3.37. The average Bonchev–Trinajstić information content (AvgIpc) is 1.88. The standard InChI is InChI=1S/C6H14N2O2.Zn/c7-4-2-1-3-5(8)6(9)10;/h5H,1-4,7-8H2,(H,9,10);/q;+2/t5-;/m0./s1. The Morgan fingerprint density at radius 2 is 2.00 bits per heavy atom. The number of hydrogen-bond donors (Lipinski definition) is 3. The molecule has 0 aromatic rings. The van der Waals surface area contributed by atoms with E-state index in [4.69, 9.17) is 16.6 Å². The molecule has 11 heavy (non-hydrogen) atoms. The molecule has 0 fully saturated rings. The zero-order valence-electron chi connectivity index (χ0n) is 6.62. The van der Waals surface area contributed by atoms with Crippen LogP contribution in [0.1, 0.15) is 19.3 Å². The zero-order valence-corrected chi connectivity index (χ0v) is 9.59. The number of rotatable bonds is 5. The summed E-state index contributed by atoms with van der Waals surface area (Å²) >= 11 is 0. The molecule has 0 saturated heterocycles. The van der Waals surface area contributed by atoms with Crippen molar-refractivity contribution in [3.8, 4) is 0 Å². The van der Waals surface area contributed by atoms with Gasteiger partial charge in [-0.3, -0.25) is 4.79 Å². The van der Waals surface area contributed by atoms with E-state index in [0.717, 1.165) is 12.8 Å². The van der Waals surface area contributed by atoms with Crippen molar-refractivity contribution >= 4 is 5.97 Å². The second kappa shape index (κ2) is 8.11. The second-order valence-corrected chi connectivity index (χ2v) is 2.23. The topological polar surface area (TPSA) is 89.3 Å². The van der Waals surface area contributed by atoms with Crippen molar-refractivity contribution < 1.29 is 29.4 Å². The number of nitrogens with two attached hydrogens (primary N) is 2. The number of aliphatic carboxylic acids is 1. The van der Waals surface area contributed by atoms with Gasteiger partial charge in [-0.15, -0.1) is 0 Å². The third kappa shape index (κ3) is 7.91. The van der Waals surface area contributed by atoms with E-state index in [1.165, 1.54) is 0 Å². The Hall–Kier alpha value is 0.0134. The molecule has 0 bridgehead atoms. The largest absolute Gasteiger partial charge is 2.00 e. The SMILES string of the molecule is NCCCC[C@H](N)C(=O)O.[Zn+2]. The Balaban J connectivity index is 0. The molecule has 0 aliphatic carbocycles. The molecule has 5 heteroatoms. The van der Waals surface area contributed by atoms with Crippen molar-refractivity contribution in [2.75, 3.05) is 6.54 Å². The summed E-state index contributed by atoms with van der Waals surface area (Å²) in [6.45, 7) is 0.604. The Morgan fingerprint density at radius 1 is 1.45 bits per heavy atom. The number of hydrogen-bond acceptors (Lipinski definition) is 3. The molecule has 0 heterocycles. The van der Waals surface area contributed by atoms with Crippen LogP contribution in [0.15, 0.2) is 0 Å². The number of carboxylic acids is 1. The molecular weight excluding hydrogens is 197 g/mol. The van der Waals surface area contributed by atoms with Crippen LogP contribution < -0.4 is 11.5 Å². The fourth-order valence-corrected chi connectivity index (χ4v) is 0.632. The third-order valence-electron chi connectivity index (χ3n) is 1.29. The number of unbranched alkanes of at least 4 members (excludes halogenated alkanes) is 1. The summed E-state index contributed by atoms with van der Waals surface area (Å²) in [4.78, 5) is 10.1. The Kier molecular flexibility index (Phi) is 10.0. The summed E-state index contributed by atoms with van der Waals surface area (Å²) in [6, 6.07) is -0.716. The fraction of sp³-hybridized carbons (Fsp3) is 0.833. The van der Waals surface area contributed by atoms with E-state index >= 15 is 0 Å². The molecule has 5 N–H and O–H groups in total. The van der Waals surface area contributed by atoms with Crippen LogP contribution in [0.25, 0.3) is 0 Å². The molecule has 0 aliphatic rings. The van der Waals surface area contributed by atoms with Crippen LogP contribution in [0.4, 0.5) is 0 Å². The number of carboxylic acid groups (broad SMARTS) is 1. The van der Waals surface area contributed by atoms with Gasteiger partial charge in [-0.1, -0.05) is 6.42 Å². The van der Waals surface area contributed by atoms with Gasteiger partial charge in [0.05, 0.1) is 0 Å². The van der Waals surface area contributed by atoms with E-state index in [1.54, 1.807) is 0 Å². The Labute approximate surface area is 79.1 Å². The zero-order chi connectivity index (χ0) is 7.98. The third-order valence-corrected chi connectivity index (χ3v) is 1.29. The van der Waals surface area contributed by atoms with Crippen molar-refractivity contribution in [2.24, 2.45) is 11.5 Å². The molecule has 0 radical (unpaired) electrons. The smallest absolute Gasteiger partial charge is 0.480 e. The van der Waals surface area contributed by atoms with E-state index in [1.807, 2.05) is 0 Å². The second-order valence-electron chi connectivity index (χ2n) is 2.23. The van der Waals surface area contributed by atoms with Gasteiger partial charge in [-0.05, 0) is 19.4 Å². The van der Waals surface area contributed by atoms with E-state index < -0.39 is 12.0 Å². The molecule has 1 atom stereocenters. The van der Waals surface area contributed by atoms with Gasteiger partial charge < -0.3 is 16.6 Å². The molecule has 0 amide bonds. The van der Waals surface area contributed by atoms with Crippen LogP contribution in [0, 0.1) is 0 Å². The summed E-state index contributed by atoms with van der Waals surface area (Å²) < 4.78 is 0. The average molecular weight is 212 g/mol. The minimum atomic E-state index is -0.933. The van der Waals surface area contributed by atoms with E-state index in [2.05, 4.69) is 0 Å². The van der Waals surface area contributed by atoms with Gasteiger partial charge in [0.25, 0.3) is 0 Å². The molecule has 0 aromatic heterocycles. The van der Waals surface area contributed by atoms with Crippen LogP contribution >= 0.6 is 0 Å². The van der Waals surface area contributed by atoms with Gasteiger partial charge in [0, 0.05) is 0 Å². The normalized spacial score (nSPS) is 11.8. The molecule has 0 spiro atoms. The van der Waals surface area contributed by atoms with Crippen LogP contribution in [0.2, 0.25) is 0 Å². The molecule has 0 saturated carbocycles. The first-order chi connectivity index (χ1) is 4.68. The van der Waals surface area contributed by atoms with Crippen LogP contribution in [-0.2, 0) is 24.3 Å². The fourth-order valence-electron chi connectivity index (χ4n) is 0.632. The quantitative estimate of drug-likeness (QED) is 0.424. The molecule has 0 aromatic carbocycles. The van der Waals surface area contributed by atoms with E-state index in [9.17, 15) is 4.79 Å². The summed E-state index contributed by atoms with van der Waals surface area (Å²) in [5.74, 6) is -0.933. The van der Waals surface area contributed by atoms with Crippen molar-refractivity contribution in [2.45, 2.75) is 25.3 Å². The van der Waals surface area contributed by atoms with Crippen LogP contribution in [0.5, 0.6) is 0 Å². The van der Waals surface area contributed by atoms with Crippen LogP contribution in [0.3, 0.4) is 0 Å². The first-order valence-corrected chi connectivity index (χ1v) is 3.37. The monoisotopic (exact) mass is 210 g/mol. The predicted molar refractivity (Wildman–Crippen MR) is 38.5 cm³/mol. The predicted octanol–water partition coefficient (Wildman–Crippen LogP) is -0.475. The summed E-state index contributed by atoms with van der Waals surface area (Å²) in [5.41, 5.74) is 10.4. The maximum atomic E-state index is 10.1. The first kappa shape index (κ1) is 13.6. The van der Waals surface area contributed by atoms with Gasteiger partial charge >= 0.3 is 25.4 Å². The van der Waals surface area contributed by atoms with Crippen molar-refractivity contribution in [1.29, 1.82) is 0 Å². The Bertz CT molecular complexity index is 111. The summed E-state index contributed by atoms with van der Waals surface area (Å²) in [7, 11) is 0. The van der Waals surface area contributed by atoms with Crippen molar-refractivity contribution in [3.05, 3.63) is 0 Å². The van der Waals surface area contributed by atoms with Crippen molar-refractivity contribution in [3.63, 3.8) is 0 Å². The maximum absolute atomic E-state index is 10.1. The summed E-state index contributed by atoms with van der Waals surface area (Å²) in [5, 5.41) is 8.33. The maximum Gasteiger partial charge on any atom is 2.00 e. The summed E-state index contributed by atoms with van der Waals surface area (Å²) in [6.07, 6.45) is 2.16. The molecule has 0 unspecified atom stereocenters. The van der Waals surface area contributed by atoms with Gasteiger partial charge in [-0.2, -0.15) is 0 Å². The number of carbonyl (C=O) groups is 1. The molecule has 0 aliphatic heterocycles. The molecular formula is C6H14N2O2Zn+2.